The molecule has 0 radical (unpaired) electrons. The third-order valence-corrected chi connectivity index (χ3v) is 4.21. The first-order valence-electron chi connectivity index (χ1n) is 7.08. The van der Waals surface area contributed by atoms with Crippen LogP contribution < -0.4 is 5.32 Å². The van der Waals surface area contributed by atoms with Gasteiger partial charge in [0, 0.05) is 23.4 Å². The highest BCUT2D eigenvalue weighted by Crippen LogP contribution is 2.25. The molecule has 1 heterocycles. The average molecular weight is 335 g/mol. The van der Waals surface area contributed by atoms with E-state index in [9.17, 15) is 14.9 Å². The molecule has 122 valence electrons. The molecule has 23 heavy (non-hydrogen) atoms. The van der Waals surface area contributed by atoms with Crippen LogP contribution in [0.4, 0.5) is 10.8 Å². The third-order valence-electron chi connectivity index (χ3n) is 3.09. The number of aryl methyl sites for hydroxylation is 1. The first-order valence-corrected chi connectivity index (χ1v) is 7.90. The lowest BCUT2D eigenvalue weighted by molar-refractivity contribution is -0.384. The first-order chi connectivity index (χ1) is 11.0. The number of non-ortho nitro benzene ring substituents is 1. The Morgan fingerprint density at radius 2 is 2.09 bits per heavy atom. The maximum Gasteiger partial charge on any atom is 0.325 e. The van der Waals surface area contributed by atoms with Gasteiger partial charge in [0.05, 0.1) is 17.2 Å². The highest BCUT2D eigenvalue weighted by Gasteiger charge is 2.11. The zero-order valence-electron chi connectivity index (χ0n) is 12.9. The Morgan fingerprint density at radius 3 is 2.70 bits per heavy atom. The van der Waals surface area contributed by atoms with E-state index < -0.39 is 4.92 Å². The van der Waals surface area contributed by atoms with E-state index in [0.29, 0.717) is 18.2 Å². The van der Waals surface area contributed by atoms with Crippen LogP contribution in [0.3, 0.4) is 0 Å². The minimum absolute atomic E-state index is 0.0755. The van der Waals surface area contributed by atoms with Crippen LogP contribution in [0.2, 0.25) is 0 Å². The normalized spacial score (nSPS) is 10.3. The number of anilines is 1. The van der Waals surface area contributed by atoms with Gasteiger partial charge in [-0.05, 0) is 19.4 Å². The molecule has 0 aliphatic rings. The van der Waals surface area contributed by atoms with Crippen molar-refractivity contribution in [3.05, 3.63) is 50.5 Å². The molecule has 8 heteroatoms. The smallest absolute Gasteiger partial charge is 0.325 e. The second-order valence-electron chi connectivity index (χ2n) is 4.79. The number of hydrogen-bond acceptors (Lipinski definition) is 7. The topological polar surface area (TPSA) is 94.4 Å². The molecular weight excluding hydrogens is 318 g/mol. The zero-order valence-corrected chi connectivity index (χ0v) is 13.7. The zero-order chi connectivity index (χ0) is 16.8. The Kier molecular flexibility index (Phi) is 5.64. The Morgan fingerprint density at radius 1 is 1.39 bits per heavy atom. The summed E-state index contributed by atoms with van der Waals surface area (Å²) in [5, 5.41) is 14.3. The van der Waals surface area contributed by atoms with Gasteiger partial charge in [0.1, 0.15) is 6.54 Å². The molecule has 0 saturated heterocycles. The van der Waals surface area contributed by atoms with Crippen LogP contribution in [0, 0.1) is 17.0 Å². The number of rotatable bonds is 7. The Balaban J connectivity index is 2.00. The van der Waals surface area contributed by atoms with Gasteiger partial charge in [-0.3, -0.25) is 14.9 Å². The number of carbonyl (C=O) groups excluding carboxylic acids is 1. The molecule has 0 fully saturated rings. The van der Waals surface area contributed by atoms with Crippen molar-refractivity contribution in [1.29, 1.82) is 0 Å². The molecule has 1 aromatic carbocycles. The second-order valence-corrected chi connectivity index (χ2v) is 5.87. The number of nitro groups is 1. The standard InChI is InChI=1S/C15H17N3O4S/c1-3-22-14(19)9-16-15-17-10(2)13(23-15)8-11-4-6-12(7-5-11)18(20)21/h4-7H,3,8-9H2,1-2H3,(H,16,17). The number of hydrogen-bond donors (Lipinski definition) is 1. The average Bonchev–Trinajstić information content (AvgIpc) is 2.86. The van der Waals surface area contributed by atoms with Gasteiger partial charge in [-0.25, -0.2) is 4.98 Å². The van der Waals surface area contributed by atoms with Gasteiger partial charge in [-0.2, -0.15) is 0 Å². The Bertz CT molecular complexity index is 697. The molecule has 0 spiro atoms. The fourth-order valence-electron chi connectivity index (χ4n) is 1.95. The van der Waals surface area contributed by atoms with Crippen LogP contribution >= 0.6 is 11.3 Å². The van der Waals surface area contributed by atoms with Crippen LogP contribution in [0.25, 0.3) is 0 Å². The summed E-state index contributed by atoms with van der Waals surface area (Å²) < 4.78 is 4.85. The molecular formula is C15H17N3O4S. The lowest BCUT2D eigenvalue weighted by Crippen LogP contribution is -2.16. The predicted octanol–water partition coefficient (Wildman–Crippen LogP) is 2.93. The molecule has 0 bridgehead atoms. The van der Waals surface area contributed by atoms with E-state index in [1.807, 2.05) is 6.92 Å². The van der Waals surface area contributed by atoms with Crippen LogP contribution in [0.15, 0.2) is 24.3 Å². The van der Waals surface area contributed by atoms with Gasteiger partial charge in [-0.15, -0.1) is 11.3 Å². The molecule has 1 aromatic heterocycles. The molecule has 0 atom stereocenters. The number of nitro benzene ring substituents is 1. The van der Waals surface area contributed by atoms with E-state index in [2.05, 4.69) is 10.3 Å². The summed E-state index contributed by atoms with van der Waals surface area (Å²) in [4.78, 5) is 27.0. The van der Waals surface area contributed by atoms with Gasteiger partial charge in [0.15, 0.2) is 5.13 Å². The van der Waals surface area contributed by atoms with Crippen molar-refractivity contribution in [2.45, 2.75) is 20.3 Å². The minimum Gasteiger partial charge on any atom is -0.465 e. The van der Waals surface area contributed by atoms with Crippen molar-refractivity contribution in [2.75, 3.05) is 18.5 Å². The fraction of sp³-hybridized carbons (Fsp3) is 0.333. The number of benzene rings is 1. The van der Waals surface area contributed by atoms with Crippen molar-refractivity contribution in [1.82, 2.24) is 4.98 Å². The molecule has 0 aliphatic carbocycles. The van der Waals surface area contributed by atoms with Crippen molar-refractivity contribution in [2.24, 2.45) is 0 Å². The maximum absolute atomic E-state index is 11.3. The predicted molar refractivity (Wildman–Crippen MR) is 87.9 cm³/mol. The lowest BCUT2D eigenvalue weighted by Gasteiger charge is -2.01. The molecule has 2 aromatic rings. The summed E-state index contributed by atoms with van der Waals surface area (Å²) in [5.41, 5.74) is 1.92. The van der Waals surface area contributed by atoms with Crippen LogP contribution in [0.5, 0.6) is 0 Å². The van der Waals surface area contributed by atoms with E-state index in [1.165, 1.54) is 23.5 Å². The van der Waals surface area contributed by atoms with E-state index in [1.54, 1.807) is 19.1 Å². The summed E-state index contributed by atoms with van der Waals surface area (Å²) in [6.45, 7) is 4.08. The van der Waals surface area contributed by atoms with Crippen molar-refractivity contribution >= 4 is 28.1 Å². The quantitative estimate of drug-likeness (QED) is 0.475. The summed E-state index contributed by atoms with van der Waals surface area (Å²) in [6, 6.07) is 6.46. The van der Waals surface area contributed by atoms with Crippen molar-refractivity contribution in [3.63, 3.8) is 0 Å². The van der Waals surface area contributed by atoms with Crippen molar-refractivity contribution in [3.8, 4) is 0 Å². The van der Waals surface area contributed by atoms with Gasteiger partial charge < -0.3 is 10.1 Å². The fourth-order valence-corrected chi connectivity index (χ4v) is 2.94. The summed E-state index contributed by atoms with van der Waals surface area (Å²) in [7, 11) is 0. The first kappa shape index (κ1) is 16.9. The SMILES string of the molecule is CCOC(=O)CNc1nc(C)c(Cc2ccc([N+](=O)[O-])cc2)s1. The second kappa shape index (κ2) is 7.68. The van der Waals surface area contributed by atoms with Crippen LogP contribution in [-0.2, 0) is 16.0 Å². The largest absolute Gasteiger partial charge is 0.465 e. The van der Waals surface area contributed by atoms with Gasteiger partial charge in [0.25, 0.3) is 5.69 Å². The van der Waals surface area contributed by atoms with E-state index in [4.69, 9.17) is 4.74 Å². The number of aromatic nitrogens is 1. The maximum atomic E-state index is 11.3. The van der Waals surface area contributed by atoms with Crippen molar-refractivity contribution < 1.29 is 14.5 Å². The molecule has 0 aliphatic heterocycles. The lowest BCUT2D eigenvalue weighted by atomic mass is 10.1. The van der Waals surface area contributed by atoms with E-state index in [0.717, 1.165) is 16.1 Å². The molecule has 7 nitrogen and oxygen atoms in total. The number of thiazole rings is 1. The molecule has 0 saturated carbocycles. The van der Waals surface area contributed by atoms with Crippen LogP contribution in [0.1, 0.15) is 23.1 Å². The number of nitrogens with one attached hydrogen (secondary N) is 1. The molecule has 2 rings (SSSR count). The number of esters is 1. The summed E-state index contributed by atoms with van der Waals surface area (Å²) >= 11 is 1.46. The summed E-state index contributed by atoms with van der Waals surface area (Å²) in [5.74, 6) is -0.322. The minimum atomic E-state index is -0.418. The van der Waals surface area contributed by atoms with Gasteiger partial charge in [0.2, 0.25) is 0 Å². The third kappa shape index (κ3) is 4.75. The van der Waals surface area contributed by atoms with E-state index >= 15 is 0 Å². The number of ether oxygens (including phenoxy) is 1. The van der Waals surface area contributed by atoms with E-state index in [-0.39, 0.29) is 18.2 Å². The molecule has 1 N–H and O–H groups in total. The highest BCUT2D eigenvalue weighted by molar-refractivity contribution is 7.15. The Hall–Kier alpha value is -2.48. The summed E-state index contributed by atoms with van der Waals surface area (Å²) in [6.07, 6.45) is 0.641. The molecule has 0 amide bonds. The number of nitrogens with zero attached hydrogens (tertiary/aromatic N) is 2. The van der Waals surface area contributed by atoms with Crippen LogP contribution in [-0.4, -0.2) is 29.0 Å². The number of carbonyl (C=O) groups is 1. The highest BCUT2D eigenvalue weighted by atomic mass is 32.1. The molecule has 0 unspecified atom stereocenters. The Labute approximate surface area is 137 Å². The van der Waals surface area contributed by atoms with Gasteiger partial charge >= 0.3 is 5.97 Å². The van der Waals surface area contributed by atoms with Gasteiger partial charge in [-0.1, -0.05) is 12.1 Å². The monoisotopic (exact) mass is 335 g/mol.